The van der Waals surface area contributed by atoms with Gasteiger partial charge < -0.3 is 26.3 Å². The Labute approximate surface area is 495 Å². The van der Waals surface area contributed by atoms with Crippen LogP contribution in [0.5, 0.6) is 0 Å². The molecular weight excluding hydrogens is 1130 g/mol. The molecule has 404 valence electrons. The fourth-order valence-electron chi connectivity index (χ4n) is 7.67. The maximum Gasteiger partial charge on any atom is 0.339 e. The van der Waals surface area contributed by atoms with Crippen LogP contribution in [0.4, 0.5) is 23.5 Å². The number of rotatable bonds is 10. The Kier molecular flexibility index (Phi) is 27.5. The lowest BCUT2D eigenvalue weighted by atomic mass is 9.86. The van der Waals surface area contributed by atoms with Gasteiger partial charge in [0, 0.05) is 60.2 Å². The van der Waals surface area contributed by atoms with E-state index in [-0.39, 0.29) is 5.56 Å². The van der Waals surface area contributed by atoms with E-state index >= 15 is 0 Å². The Morgan fingerprint density at radius 1 is 0.573 bits per heavy atom. The summed E-state index contributed by atoms with van der Waals surface area (Å²) in [4.78, 5) is 44.4. The van der Waals surface area contributed by atoms with Crippen LogP contribution < -0.4 is 26.8 Å². The van der Waals surface area contributed by atoms with Crippen LogP contribution in [0.2, 0.25) is 5.15 Å². The van der Waals surface area contributed by atoms with Gasteiger partial charge in [0.15, 0.2) is 5.15 Å². The number of hydrogen-bond donors (Lipinski definition) is 5. The first-order chi connectivity index (χ1) is 39.8. The summed E-state index contributed by atoms with van der Waals surface area (Å²) in [7, 11) is 0. The van der Waals surface area contributed by atoms with Crippen molar-refractivity contribution in [3.8, 4) is 131 Å². The van der Waals surface area contributed by atoms with Crippen molar-refractivity contribution in [2.75, 3.05) is 34.4 Å². The summed E-state index contributed by atoms with van der Waals surface area (Å²) in [5.41, 5.74) is 1.96. The van der Waals surface area contributed by atoms with E-state index in [4.69, 9.17) is 28.5 Å². The summed E-state index contributed by atoms with van der Waals surface area (Å²) in [6.45, 7) is 3.36. The topological polar surface area (TPSA) is 236 Å². The molecule has 0 atom stereocenters. The highest BCUT2D eigenvalue weighted by molar-refractivity contribution is 8.24. The molecule has 2 aliphatic carbocycles. The average molecular weight is 1180 g/mol. The zero-order valence-electron chi connectivity index (χ0n) is 43.7. The molecule has 82 heavy (non-hydrogen) atoms. The fourth-order valence-corrected chi connectivity index (χ4v) is 7.88. The van der Waals surface area contributed by atoms with E-state index in [1.54, 1.807) is 19.3 Å². The average Bonchev–Trinajstić information content (AvgIpc) is 3.57. The third-order valence-corrected chi connectivity index (χ3v) is 11.7. The lowest BCUT2D eigenvalue weighted by Gasteiger charge is -2.29. The predicted molar refractivity (Wildman–Crippen MR) is 326 cm³/mol. The first-order valence-electron chi connectivity index (χ1n) is 24.7. The summed E-state index contributed by atoms with van der Waals surface area (Å²) in [5.74, 6) is 50.8. The monoisotopic (exact) mass is 1180 g/mol. The number of nitrogens with zero attached hydrogens (tertiary/aromatic N) is 9. The number of terminal acetylenes is 1. The molecule has 0 unspecified atom stereocenters. The third kappa shape index (κ3) is 24.9. The molecule has 6 aromatic rings. The van der Waals surface area contributed by atoms with Gasteiger partial charge in [-0.2, -0.15) is 10.5 Å². The molecule has 0 saturated heterocycles. The second-order valence-electron chi connectivity index (χ2n) is 17.0. The van der Waals surface area contributed by atoms with Gasteiger partial charge in [-0.15, -0.1) is 6.42 Å². The number of anilines is 4. The standard InChI is InChI=1S/C21H4.C20H20ClN7.C20H21N7O.Cl3OP/c1-3-5-7-9-11-13-15-17-19-21-20-18-16-14-12-10-8-6-4-2;21-19-18-15(7-8-23-19)3-6-17(28-18)27-16-4-1-13(2-5-16)10-24-20-25-11-14(9-22)12-26-20;21-9-14-11-24-20(25-12-14)23-10-13-1-4-16(5-2-13)26-17-6-3-15-7-8-22-19(28)18(15)27-17;1-5(2,3)4/h1H,2H3;3,6-8,11-13,16H,1-2,4-5,10H2,(H,27,28)(H,24,25,26);3,6-8,11-13,16H,1-2,4-5,10H2,(H,22,28)(H,26,27)(H,23,24,25);. The number of nitrogens with one attached hydrogen (secondary N) is 5. The fraction of sp³-hybridized carbons (Fsp3) is 0.246. The molecule has 21 heteroatoms. The third-order valence-electron chi connectivity index (χ3n) is 11.4. The summed E-state index contributed by atoms with van der Waals surface area (Å²) in [6, 6.07) is 16.4. The van der Waals surface area contributed by atoms with Crippen LogP contribution in [0.1, 0.15) is 69.4 Å². The normalized spacial score (nSPS) is 14.8. The van der Waals surface area contributed by atoms with Gasteiger partial charge in [-0.05, 0) is 235 Å². The number of aromatic amines is 1. The van der Waals surface area contributed by atoms with Crippen molar-refractivity contribution in [1.29, 1.82) is 10.5 Å². The molecule has 16 nitrogen and oxygen atoms in total. The highest BCUT2D eigenvalue weighted by atomic mass is 36.0. The number of nitriles is 2. The summed E-state index contributed by atoms with van der Waals surface area (Å²) in [6.07, 6.45) is 23.0. The minimum Gasteiger partial charge on any atom is -0.367 e. The Morgan fingerprint density at radius 2 is 0.963 bits per heavy atom. The Balaban J connectivity index is 0.000000219. The first-order valence-corrected chi connectivity index (χ1v) is 29.5. The smallest absolute Gasteiger partial charge is 0.339 e. The van der Waals surface area contributed by atoms with Crippen molar-refractivity contribution in [2.24, 2.45) is 11.8 Å². The minimum atomic E-state index is -3.22. The highest BCUT2D eigenvalue weighted by Gasteiger charge is 2.23. The van der Waals surface area contributed by atoms with Crippen molar-refractivity contribution in [3.05, 3.63) is 100 Å². The molecule has 0 radical (unpaired) electrons. The van der Waals surface area contributed by atoms with Crippen molar-refractivity contribution in [2.45, 2.75) is 70.4 Å². The summed E-state index contributed by atoms with van der Waals surface area (Å²) >= 11 is 20.0. The van der Waals surface area contributed by atoms with Crippen LogP contribution in [0.3, 0.4) is 0 Å². The van der Waals surface area contributed by atoms with Crippen LogP contribution in [-0.4, -0.2) is 65.0 Å². The number of aromatic nitrogens is 8. The van der Waals surface area contributed by atoms with Crippen LogP contribution in [0.25, 0.3) is 21.8 Å². The Hall–Kier alpha value is -9.75. The van der Waals surface area contributed by atoms with Gasteiger partial charge in [0.1, 0.15) is 34.8 Å². The van der Waals surface area contributed by atoms with Crippen molar-refractivity contribution in [1.82, 2.24) is 39.9 Å². The second-order valence-corrected chi connectivity index (χ2v) is 24.0. The molecular formula is C61H45Cl4N14O2P. The molecule has 2 aliphatic rings. The van der Waals surface area contributed by atoms with Crippen molar-refractivity contribution >= 4 is 95.9 Å². The van der Waals surface area contributed by atoms with Gasteiger partial charge in [-0.25, -0.2) is 34.9 Å². The van der Waals surface area contributed by atoms with Crippen molar-refractivity contribution in [3.63, 3.8) is 0 Å². The summed E-state index contributed by atoms with van der Waals surface area (Å²) in [5, 5.41) is 30.1. The second kappa shape index (κ2) is 35.7. The summed E-state index contributed by atoms with van der Waals surface area (Å²) < 4.78 is 9.51. The van der Waals surface area contributed by atoms with E-state index in [1.807, 2.05) is 48.5 Å². The van der Waals surface area contributed by atoms with Crippen LogP contribution in [-0.2, 0) is 4.57 Å². The zero-order valence-corrected chi connectivity index (χ0v) is 47.6. The molecule has 0 aromatic carbocycles. The molecule has 0 amide bonds. The van der Waals surface area contributed by atoms with Gasteiger partial charge in [0.25, 0.3) is 5.56 Å². The van der Waals surface area contributed by atoms with E-state index in [0.29, 0.717) is 57.6 Å². The number of hydrogen-bond acceptors (Lipinski definition) is 15. The molecule has 5 N–H and O–H groups in total. The van der Waals surface area contributed by atoms with Gasteiger partial charge in [0.2, 0.25) is 11.9 Å². The van der Waals surface area contributed by atoms with Gasteiger partial charge >= 0.3 is 5.20 Å². The first kappa shape index (κ1) is 63.1. The van der Waals surface area contributed by atoms with E-state index in [2.05, 4.69) is 207 Å². The molecule has 0 aliphatic heterocycles. The Morgan fingerprint density at radius 3 is 1.37 bits per heavy atom. The number of fused-ring (bicyclic) bond motifs is 2. The van der Waals surface area contributed by atoms with Crippen molar-refractivity contribution < 1.29 is 4.57 Å². The van der Waals surface area contributed by atoms with E-state index in [0.717, 1.165) is 92.4 Å². The van der Waals surface area contributed by atoms with Gasteiger partial charge in [0.05, 0.1) is 35.9 Å². The van der Waals surface area contributed by atoms with E-state index in [1.165, 1.54) is 24.8 Å². The minimum absolute atomic E-state index is 0.166. The van der Waals surface area contributed by atoms with Crippen LogP contribution >= 0.6 is 50.5 Å². The van der Waals surface area contributed by atoms with E-state index in [9.17, 15) is 9.36 Å². The largest absolute Gasteiger partial charge is 0.367 e. The van der Waals surface area contributed by atoms with E-state index < -0.39 is 5.20 Å². The number of H-pyrrole nitrogens is 1. The molecule has 2 saturated carbocycles. The number of pyridine rings is 4. The maximum absolute atomic E-state index is 11.9. The van der Waals surface area contributed by atoms with Crippen LogP contribution in [0.15, 0.2) is 78.4 Å². The SMILES string of the molecule is C#CC#CC#CC#CC#CC#CC#CC#CC#CC#CC.N#Cc1cnc(NCC2CCC(Nc3ccc4cc[nH]c(=O)c4n3)CC2)nc1.N#Cc1cnc(NCC2CCC(Nc3ccc4ccnc(Cl)c4n3)CC2)nc1.O=P(Cl)(Cl)Cl. The molecule has 0 spiro atoms. The highest BCUT2D eigenvalue weighted by Crippen LogP contribution is 2.61. The van der Waals surface area contributed by atoms with Gasteiger partial charge in [-0.3, -0.25) is 9.36 Å². The lowest BCUT2D eigenvalue weighted by Crippen LogP contribution is -2.29. The molecule has 2 fully saturated rings. The van der Waals surface area contributed by atoms with Gasteiger partial charge in [-0.1, -0.05) is 17.5 Å². The molecule has 6 aromatic heterocycles. The lowest BCUT2D eigenvalue weighted by molar-refractivity contribution is 0.350. The zero-order chi connectivity index (χ0) is 58.6. The maximum atomic E-state index is 11.9. The predicted octanol–water partition coefficient (Wildman–Crippen LogP) is 10.2. The van der Waals surface area contributed by atoms with Crippen LogP contribution in [0, 0.1) is 153 Å². The molecule has 8 rings (SSSR count). The Bertz CT molecular complexity index is 4040. The quantitative estimate of drug-likeness (QED) is 0.0487. The number of halogens is 4. The molecule has 0 bridgehead atoms. The molecule has 6 heterocycles.